The van der Waals surface area contributed by atoms with Crippen molar-refractivity contribution in [3.63, 3.8) is 0 Å². The number of carboxylic acid groups (broad SMARTS) is 1. The molecule has 0 aromatic carbocycles. The summed E-state index contributed by atoms with van der Waals surface area (Å²) in [6, 6.07) is 0. The molecule has 0 atom stereocenters. The lowest BCUT2D eigenvalue weighted by Crippen LogP contribution is -2.80. The summed E-state index contributed by atoms with van der Waals surface area (Å²) in [5.41, 5.74) is -42.7. The number of hydrogen-bond donors (Lipinski definition) is 1. The largest absolute Gasteiger partial charge is 0.481 e. The molecule has 2 nitrogen and oxygen atoms in total. The number of hydrogen-bond acceptors (Lipinski definition) is 1. The maximum absolute atomic E-state index is 15.8. The van der Waals surface area contributed by atoms with Crippen LogP contribution in [-0.4, -0.2) is 138 Å². The number of aliphatic carboxylic acids is 1. The van der Waals surface area contributed by atoms with Gasteiger partial charge in [-0.2, -0.15) is 0 Å². The van der Waals surface area contributed by atoms with E-state index >= 15 is 61.5 Å². The molecule has 21 heteroatoms. The third kappa shape index (κ3) is 5.30. The Morgan fingerprint density at radius 1 is 0.280 bits per heavy atom. The summed E-state index contributed by atoms with van der Waals surface area (Å²) < 4.78 is 289. The van der Waals surface area contributed by atoms with Crippen molar-refractivity contribution >= 4 is 5.97 Å². The molecular weight excluding hydrogens is 741 g/mol. The average molecular weight is 781 g/mol. The van der Waals surface area contributed by atoms with Gasteiger partial charge >= 0.3 is 5.97 Å². The first-order chi connectivity index (χ1) is 23.6. The van der Waals surface area contributed by atoms with E-state index in [-0.39, 0.29) is 0 Å². The Kier molecular flexibility index (Phi) is 17.6. The number of carboxylic acids is 1. The number of halogens is 19. The van der Waals surface area contributed by atoms with E-state index in [9.17, 15) is 31.9 Å². The molecule has 1 N–H and O–H groups in total. The van der Waals surface area contributed by atoms with Gasteiger partial charge in [-0.25, -0.2) is 8.78 Å². The Bertz CT molecular complexity index is 988. The summed E-state index contributed by atoms with van der Waals surface area (Å²) in [5.74, 6) is -3.04. The van der Waals surface area contributed by atoms with Crippen molar-refractivity contribution in [1.29, 1.82) is 0 Å². The van der Waals surface area contributed by atoms with Crippen LogP contribution < -0.4 is 0 Å². The first-order valence-electron chi connectivity index (χ1n) is 14.5. The topological polar surface area (TPSA) is 37.3 Å². The van der Waals surface area contributed by atoms with Crippen molar-refractivity contribution in [3.8, 4) is 0 Å². The van der Waals surface area contributed by atoms with Crippen LogP contribution in [0.25, 0.3) is 0 Å². The fourth-order valence-corrected chi connectivity index (χ4v) is 8.22. The molecule has 0 spiro atoms. The SMILES string of the molecule is O=C(O)C(CF)(CF)C(CF)(CF)C(CF)(CF)C(CF)(CF)C(CF)(CF)C(CF)(CF)C(CF)(CF)C(CF)(CF)C(CF)(CF)CF. The van der Waals surface area contributed by atoms with Gasteiger partial charge in [0.25, 0.3) is 0 Å². The third-order valence-corrected chi connectivity index (χ3v) is 12.3. The number of carbonyl (C=O) groups is 1. The fraction of sp³-hybridized carbons (Fsp3) is 0.966. The van der Waals surface area contributed by atoms with Crippen molar-refractivity contribution in [2.45, 2.75) is 0 Å². The van der Waals surface area contributed by atoms with Crippen LogP contribution in [0.2, 0.25) is 0 Å². The van der Waals surface area contributed by atoms with Gasteiger partial charge in [0.2, 0.25) is 0 Å². The second kappa shape index (κ2) is 18.3. The zero-order chi connectivity index (χ0) is 39.5. The number of alkyl halides is 19. The van der Waals surface area contributed by atoms with Crippen LogP contribution in [0.3, 0.4) is 0 Å². The van der Waals surface area contributed by atoms with Crippen LogP contribution in [0.1, 0.15) is 0 Å². The molecule has 0 radical (unpaired) electrons. The van der Waals surface area contributed by atoms with E-state index in [4.69, 9.17) is 0 Å². The Hall–Kier alpha value is -1.86. The quantitative estimate of drug-likeness (QED) is 0.0812. The molecule has 300 valence electrons. The first-order valence-corrected chi connectivity index (χ1v) is 14.5. The van der Waals surface area contributed by atoms with Crippen molar-refractivity contribution in [2.75, 3.05) is 127 Å². The van der Waals surface area contributed by atoms with Gasteiger partial charge < -0.3 is 5.11 Å². The molecule has 0 saturated carbocycles. The summed E-state index contributed by atoms with van der Waals surface area (Å²) in [6.45, 7) is -58.6. The molecule has 0 aromatic rings. The standard InChI is InChI=1S/C29H39F19O2/c30-1-21(2-31,3-32)23(6-35,7-36)25(10-39,11-40)27(14-43,15-44)29(18-47,19-48)28(16-45,17-46)26(12-41,13-42)24(8-37,9-38)22(4-33,5-34)20(49)50/h1-19H2,(H,49,50). The van der Waals surface area contributed by atoms with E-state index in [1.165, 1.54) is 0 Å². The highest BCUT2D eigenvalue weighted by atomic mass is 19.2. The van der Waals surface area contributed by atoms with Crippen LogP contribution in [-0.2, 0) is 4.79 Å². The van der Waals surface area contributed by atoms with Gasteiger partial charge in [0.05, 0.1) is 115 Å². The first kappa shape index (κ1) is 48.1. The highest BCUT2D eigenvalue weighted by Gasteiger charge is 2.84. The average Bonchev–Trinajstić information content (AvgIpc) is 3.16. The van der Waals surface area contributed by atoms with Crippen molar-refractivity contribution in [2.24, 2.45) is 48.7 Å². The van der Waals surface area contributed by atoms with E-state index < -0.39 is 182 Å². The highest BCUT2D eigenvalue weighted by Crippen LogP contribution is 2.75. The summed E-state index contributed by atoms with van der Waals surface area (Å²) in [6.07, 6.45) is 0. The van der Waals surface area contributed by atoms with E-state index in [0.29, 0.717) is 0 Å². The van der Waals surface area contributed by atoms with Gasteiger partial charge in [0.15, 0.2) is 0 Å². The van der Waals surface area contributed by atoms with Gasteiger partial charge in [0, 0.05) is 21.7 Å². The summed E-state index contributed by atoms with van der Waals surface area (Å²) >= 11 is 0. The minimum Gasteiger partial charge on any atom is -0.481 e. The summed E-state index contributed by atoms with van der Waals surface area (Å²) in [5, 5.41) is 9.70. The Morgan fingerprint density at radius 2 is 0.460 bits per heavy atom. The van der Waals surface area contributed by atoms with Crippen molar-refractivity contribution in [3.05, 3.63) is 0 Å². The summed E-state index contributed by atoms with van der Waals surface area (Å²) in [4.78, 5) is 12.2. The Morgan fingerprint density at radius 3 is 0.600 bits per heavy atom. The zero-order valence-corrected chi connectivity index (χ0v) is 26.5. The molecule has 0 amide bonds. The van der Waals surface area contributed by atoms with Gasteiger partial charge in [0.1, 0.15) is 38.8 Å². The van der Waals surface area contributed by atoms with E-state index in [1.54, 1.807) is 0 Å². The predicted molar refractivity (Wildman–Crippen MR) is 143 cm³/mol. The maximum Gasteiger partial charge on any atom is 0.315 e. The van der Waals surface area contributed by atoms with Crippen LogP contribution in [0.5, 0.6) is 0 Å². The molecule has 0 rings (SSSR count). The molecule has 0 fully saturated rings. The van der Waals surface area contributed by atoms with Gasteiger partial charge in [-0.05, 0) is 0 Å². The van der Waals surface area contributed by atoms with Gasteiger partial charge in [-0.3, -0.25) is 79.4 Å². The van der Waals surface area contributed by atoms with Crippen LogP contribution in [0, 0.1) is 48.7 Å². The Balaban J connectivity index is 9.62. The maximum atomic E-state index is 15.8. The fourth-order valence-electron chi connectivity index (χ4n) is 8.22. The molecule has 0 aliphatic carbocycles. The third-order valence-electron chi connectivity index (χ3n) is 12.3. The molecule has 0 unspecified atom stereocenters. The second-order valence-corrected chi connectivity index (χ2v) is 12.8. The van der Waals surface area contributed by atoms with Crippen LogP contribution in [0.15, 0.2) is 0 Å². The predicted octanol–water partition coefficient (Wildman–Crippen LogP) is 8.37. The summed E-state index contributed by atoms with van der Waals surface area (Å²) in [7, 11) is 0. The molecule has 0 aliphatic heterocycles. The van der Waals surface area contributed by atoms with E-state index in [2.05, 4.69) is 0 Å². The van der Waals surface area contributed by atoms with Crippen LogP contribution >= 0.6 is 0 Å². The Labute approximate surface area is 275 Å². The van der Waals surface area contributed by atoms with E-state index in [0.717, 1.165) is 0 Å². The number of rotatable bonds is 28. The normalized spacial score (nSPS) is 14.8. The molecule has 0 aromatic heterocycles. The lowest BCUT2D eigenvalue weighted by molar-refractivity contribution is -0.326. The minimum atomic E-state index is -5.06. The highest BCUT2D eigenvalue weighted by molar-refractivity contribution is 5.77. The smallest absolute Gasteiger partial charge is 0.315 e. The van der Waals surface area contributed by atoms with Gasteiger partial charge in [-0.1, -0.05) is 0 Å². The molecule has 50 heavy (non-hydrogen) atoms. The minimum absolute atomic E-state index is 2.71. The zero-order valence-electron chi connectivity index (χ0n) is 26.5. The molecule has 0 saturated heterocycles. The molecular formula is C29H39F19O2. The van der Waals surface area contributed by atoms with Gasteiger partial charge in [-0.15, -0.1) is 0 Å². The van der Waals surface area contributed by atoms with Crippen molar-refractivity contribution < 1.29 is 93.3 Å². The van der Waals surface area contributed by atoms with E-state index in [1.807, 2.05) is 0 Å². The molecule has 0 aliphatic rings. The lowest BCUT2D eigenvalue weighted by Gasteiger charge is -2.70. The van der Waals surface area contributed by atoms with Crippen molar-refractivity contribution in [1.82, 2.24) is 0 Å². The second-order valence-electron chi connectivity index (χ2n) is 12.8. The van der Waals surface area contributed by atoms with Crippen LogP contribution in [0.4, 0.5) is 83.4 Å². The monoisotopic (exact) mass is 780 g/mol. The molecule has 0 bridgehead atoms. The molecule has 0 heterocycles. The lowest BCUT2D eigenvalue weighted by atomic mass is 9.32.